The van der Waals surface area contributed by atoms with Gasteiger partial charge in [-0.2, -0.15) is 0 Å². The standard InChI is InChI=1S/C23H28N2O4S/c1-16-6-9-18(10-7-16)24-22(26)14-30-15-23(27)25-12-4-5-19(25)17-8-11-20(28-2)21(13-17)29-3/h6-11,13,19H,4-5,12,14-15H2,1-3H3,(H,24,26)/t19-/m1/s1. The summed E-state index contributed by atoms with van der Waals surface area (Å²) < 4.78 is 10.7. The van der Waals surface area contributed by atoms with Crippen LogP contribution in [-0.2, 0) is 9.59 Å². The Kier molecular flexibility index (Phi) is 7.63. The third-order valence-electron chi connectivity index (χ3n) is 5.16. The summed E-state index contributed by atoms with van der Waals surface area (Å²) in [7, 11) is 3.21. The van der Waals surface area contributed by atoms with Gasteiger partial charge in [0.2, 0.25) is 11.8 Å². The molecule has 1 aliphatic heterocycles. The summed E-state index contributed by atoms with van der Waals surface area (Å²) in [5, 5.41) is 2.86. The van der Waals surface area contributed by atoms with Crippen LogP contribution in [0.3, 0.4) is 0 Å². The summed E-state index contributed by atoms with van der Waals surface area (Å²) in [4.78, 5) is 26.8. The SMILES string of the molecule is COc1ccc([C@H]2CCCN2C(=O)CSCC(=O)Nc2ccc(C)cc2)cc1OC. The van der Waals surface area contributed by atoms with Crippen molar-refractivity contribution in [1.29, 1.82) is 0 Å². The van der Waals surface area contributed by atoms with Crippen molar-refractivity contribution in [3.63, 3.8) is 0 Å². The van der Waals surface area contributed by atoms with E-state index in [4.69, 9.17) is 9.47 Å². The lowest BCUT2D eigenvalue weighted by Gasteiger charge is -2.25. The van der Waals surface area contributed by atoms with Crippen molar-refractivity contribution in [2.75, 3.05) is 37.6 Å². The molecule has 1 atom stereocenters. The Morgan fingerprint density at radius 1 is 1.07 bits per heavy atom. The molecular formula is C23H28N2O4S. The fourth-order valence-electron chi connectivity index (χ4n) is 3.62. The number of aryl methyl sites for hydroxylation is 1. The van der Waals surface area contributed by atoms with E-state index in [1.165, 1.54) is 11.8 Å². The van der Waals surface area contributed by atoms with Crippen molar-refractivity contribution in [2.45, 2.75) is 25.8 Å². The molecule has 7 heteroatoms. The third kappa shape index (κ3) is 5.48. The van der Waals surface area contributed by atoms with Crippen molar-refractivity contribution < 1.29 is 19.1 Å². The summed E-state index contributed by atoms with van der Waals surface area (Å²) in [5.74, 6) is 1.82. The summed E-state index contributed by atoms with van der Waals surface area (Å²) >= 11 is 1.34. The van der Waals surface area contributed by atoms with Crippen molar-refractivity contribution in [2.24, 2.45) is 0 Å². The Morgan fingerprint density at radius 3 is 2.50 bits per heavy atom. The first-order valence-electron chi connectivity index (χ1n) is 9.97. The molecular weight excluding hydrogens is 400 g/mol. The maximum absolute atomic E-state index is 12.8. The number of carbonyl (C=O) groups excluding carboxylic acids is 2. The van der Waals surface area contributed by atoms with Gasteiger partial charge in [0, 0.05) is 12.2 Å². The van der Waals surface area contributed by atoms with Gasteiger partial charge < -0.3 is 19.7 Å². The van der Waals surface area contributed by atoms with Gasteiger partial charge in [0.15, 0.2) is 11.5 Å². The number of ether oxygens (including phenoxy) is 2. The van der Waals surface area contributed by atoms with Gasteiger partial charge in [-0.25, -0.2) is 0 Å². The zero-order valence-electron chi connectivity index (χ0n) is 17.6. The largest absolute Gasteiger partial charge is 0.493 e. The Morgan fingerprint density at radius 2 is 1.80 bits per heavy atom. The van der Waals surface area contributed by atoms with Gasteiger partial charge in [0.1, 0.15) is 0 Å². The van der Waals surface area contributed by atoms with Crippen molar-refractivity contribution in [3.05, 3.63) is 53.6 Å². The number of methoxy groups -OCH3 is 2. The van der Waals surface area contributed by atoms with E-state index < -0.39 is 0 Å². The lowest BCUT2D eigenvalue weighted by Crippen LogP contribution is -2.32. The maximum atomic E-state index is 12.8. The molecule has 1 fully saturated rings. The summed E-state index contributed by atoms with van der Waals surface area (Å²) in [5.41, 5.74) is 2.95. The molecule has 3 rings (SSSR count). The molecule has 0 unspecified atom stereocenters. The van der Waals surface area contributed by atoms with Gasteiger partial charge in [0.25, 0.3) is 0 Å². The molecule has 0 bridgehead atoms. The summed E-state index contributed by atoms with van der Waals surface area (Å²) in [6.07, 6.45) is 1.88. The minimum atomic E-state index is -0.102. The Bertz CT molecular complexity index is 885. The molecule has 1 saturated heterocycles. The van der Waals surface area contributed by atoms with Crippen LogP contribution in [0, 0.1) is 6.92 Å². The normalized spacial score (nSPS) is 15.7. The monoisotopic (exact) mass is 428 g/mol. The number of likely N-dealkylation sites (tertiary alicyclic amines) is 1. The highest BCUT2D eigenvalue weighted by atomic mass is 32.2. The quantitative estimate of drug-likeness (QED) is 0.687. The first-order valence-corrected chi connectivity index (χ1v) is 11.1. The molecule has 0 spiro atoms. The highest BCUT2D eigenvalue weighted by Crippen LogP contribution is 2.37. The molecule has 2 aromatic rings. The maximum Gasteiger partial charge on any atom is 0.234 e. The number of hydrogen-bond donors (Lipinski definition) is 1. The molecule has 0 radical (unpaired) electrons. The Balaban J connectivity index is 1.53. The van der Waals surface area contributed by atoms with Gasteiger partial charge in [-0.1, -0.05) is 23.8 Å². The van der Waals surface area contributed by atoms with Gasteiger partial charge in [0.05, 0.1) is 31.8 Å². The third-order valence-corrected chi connectivity index (χ3v) is 6.08. The topological polar surface area (TPSA) is 67.9 Å². The van der Waals surface area contributed by atoms with Gasteiger partial charge in [-0.15, -0.1) is 11.8 Å². The van der Waals surface area contributed by atoms with E-state index in [0.29, 0.717) is 11.5 Å². The minimum Gasteiger partial charge on any atom is -0.493 e. The fourth-order valence-corrected chi connectivity index (χ4v) is 4.32. The average Bonchev–Trinajstić information content (AvgIpc) is 3.25. The second kappa shape index (κ2) is 10.4. The number of benzene rings is 2. The van der Waals surface area contributed by atoms with E-state index in [0.717, 1.165) is 36.2 Å². The first kappa shape index (κ1) is 22.0. The second-order valence-electron chi connectivity index (χ2n) is 7.27. The van der Waals surface area contributed by atoms with Crippen LogP contribution in [0.1, 0.15) is 30.0 Å². The van der Waals surface area contributed by atoms with Crippen LogP contribution in [0.2, 0.25) is 0 Å². The van der Waals surface area contributed by atoms with Gasteiger partial charge in [-0.05, 0) is 49.6 Å². The second-order valence-corrected chi connectivity index (χ2v) is 8.25. The van der Waals surface area contributed by atoms with Crippen LogP contribution < -0.4 is 14.8 Å². The zero-order valence-corrected chi connectivity index (χ0v) is 18.5. The van der Waals surface area contributed by atoms with Gasteiger partial charge in [-0.3, -0.25) is 9.59 Å². The van der Waals surface area contributed by atoms with Crippen LogP contribution in [0.25, 0.3) is 0 Å². The molecule has 0 aliphatic carbocycles. The molecule has 2 aromatic carbocycles. The predicted molar refractivity (Wildman–Crippen MR) is 120 cm³/mol. The van der Waals surface area contributed by atoms with Crippen LogP contribution in [-0.4, -0.2) is 49.0 Å². The Hall–Kier alpha value is -2.67. The van der Waals surface area contributed by atoms with E-state index in [9.17, 15) is 9.59 Å². The number of nitrogens with one attached hydrogen (secondary N) is 1. The molecule has 6 nitrogen and oxygen atoms in total. The molecule has 1 aliphatic rings. The van der Waals surface area contributed by atoms with Crippen molar-refractivity contribution in [1.82, 2.24) is 4.90 Å². The molecule has 0 saturated carbocycles. The predicted octanol–water partition coefficient (Wildman–Crippen LogP) is 4.05. The van der Waals surface area contributed by atoms with Crippen LogP contribution >= 0.6 is 11.8 Å². The van der Waals surface area contributed by atoms with E-state index in [-0.39, 0.29) is 29.4 Å². The highest BCUT2D eigenvalue weighted by molar-refractivity contribution is 8.00. The van der Waals surface area contributed by atoms with Crippen LogP contribution in [0.4, 0.5) is 5.69 Å². The Labute approximate surface area is 181 Å². The summed E-state index contributed by atoms with van der Waals surface area (Å²) in [6, 6.07) is 13.5. The number of anilines is 1. The summed E-state index contributed by atoms with van der Waals surface area (Å²) in [6.45, 7) is 2.73. The molecule has 2 amide bonds. The number of hydrogen-bond acceptors (Lipinski definition) is 5. The van der Waals surface area contributed by atoms with E-state index in [1.54, 1.807) is 14.2 Å². The molecule has 160 valence electrons. The van der Waals surface area contributed by atoms with Crippen molar-refractivity contribution in [3.8, 4) is 11.5 Å². The number of nitrogens with zero attached hydrogens (tertiary/aromatic N) is 1. The number of rotatable bonds is 8. The smallest absolute Gasteiger partial charge is 0.234 e. The van der Waals surface area contributed by atoms with Crippen molar-refractivity contribution >= 4 is 29.3 Å². The molecule has 1 N–H and O–H groups in total. The fraction of sp³-hybridized carbons (Fsp3) is 0.391. The lowest BCUT2D eigenvalue weighted by atomic mass is 10.0. The minimum absolute atomic E-state index is 0.0271. The highest BCUT2D eigenvalue weighted by Gasteiger charge is 2.30. The molecule has 0 aromatic heterocycles. The van der Waals surface area contributed by atoms with Gasteiger partial charge >= 0.3 is 0 Å². The first-order chi connectivity index (χ1) is 14.5. The van der Waals surface area contributed by atoms with Crippen LogP contribution in [0.15, 0.2) is 42.5 Å². The van der Waals surface area contributed by atoms with Crippen LogP contribution in [0.5, 0.6) is 11.5 Å². The average molecular weight is 429 g/mol. The number of thioether (sulfide) groups is 1. The number of amides is 2. The van der Waals surface area contributed by atoms with E-state index in [1.807, 2.05) is 54.3 Å². The molecule has 30 heavy (non-hydrogen) atoms. The van der Waals surface area contributed by atoms with E-state index >= 15 is 0 Å². The zero-order chi connectivity index (χ0) is 21.5. The lowest BCUT2D eigenvalue weighted by molar-refractivity contribution is -0.129. The number of carbonyl (C=O) groups is 2. The van der Waals surface area contributed by atoms with E-state index in [2.05, 4.69) is 5.32 Å². The molecule has 1 heterocycles.